The highest BCUT2D eigenvalue weighted by Gasteiger charge is 2.27. The van der Waals surface area contributed by atoms with Crippen LogP contribution in [0.5, 0.6) is 11.5 Å². The van der Waals surface area contributed by atoms with Gasteiger partial charge < -0.3 is 19.3 Å². The van der Waals surface area contributed by atoms with E-state index >= 15 is 0 Å². The molecule has 25 heavy (non-hydrogen) atoms. The number of hydrogen-bond acceptors (Lipinski definition) is 5. The van der Waals surface area contributed by atoms with Crippen molar-refractivity contribution in [1.29, 1.82) is 0 Å². The molecule has 0 radical (unpaired) electrons. The fourth-order valence-corrected chi connectivity index (χ4v) is 2.98. The van der Waals surface area contributed by atoms with Crippen LogP contribution in [0.25, 0.3) is 0 Å². The van der Waals surface area contributed by atoms with Crippen LogP contribution in [0, 0.1) is 0 Å². The molecule has 2 amide bonds. The molecule has 0 spiro atoms. The van der Waals surface area contributed by atoms with E-state index in [1.807, 2.05) is 0 Å². The molecule has 2 aliphatic rings. The molecule has 1 aromatic heterocycles. The maximum absolute atomic E-state index is 12.7. The number of piperazine rings is 1. The molecule has 0 atom stereocenters. The van der Waals surface area contributed by atoms with E-state index in [9.17, 15) is 9.59 Å². The van der Waals surface area contributed by atoms with Crippen LogP contribution >= 0.6 is 0 Å². The average molecular weight is 339 g/mol. The number of carbonyl (C=O) groups excluding carboxylic acids is 2. The fraction of sp³-hybridized carbons (Fsp3) is 0.278. The topological polar surface area (TPSA) is 72.0 Å². The zero-order valence-electron chi connectivity index (χ0n) is 13.6. The van der Waals surface area contributed by atoms with E-state index < -0.39 is 0 Å². The summed E-state index contributed by atoms with van der Waals surface area (Å²) in [4.78, 5) is 32.6. The van der Waals surface area contributed by atoms with Crippen LogP contribution in [0.15, 0.2) is 42.6 Å². The molecule has 0 N–H and O–H groups in total. The Morgan fingerprint density at radius 3 is 2.32 bits per heavy atom. The lowest BCUT2D eigenvalue weighted by Crippen LogP contribution is -2.50. The third-order valence-electron chi connectivity index (χ3n) is 4.36. The van der Waals surface area contributed by atoms with Gasteiger partial charge in [0.15, 0.2) is 11.5 Å². The van der Waals surface area contributed by atoms with Gasteiger partial charge in [-0.1, -0.05) is 6.07 Å². The first kappa shape index (κ1) is 15.4. The quantitative estimate of drug-likeness (QED) is 0.827. The summed E-state index contributed by atoms with van der Waals surface area (Å²) >= 11 is 0. The minimum absolute atomic E-state index is 0.0664. The molecule has 7 heteroatoms. The Hall–Kier alpha value is -3.09. The van der Waals surface area contributed by atoms with Crippen molar-refractivity contribution in [2.45, 2.75) is 0 Å². The number of ether oxygens (including phenoxy) is 2. The van der Waals surface area contributed by atoms with E-state index in [4.69, 9.17) is 9.47 Å². The number of amides is 2. The molecule has 7 nitrogen and oxygen atoms in total. The van der Waals surface area contributed by atoms with Gasteiger partial charge in [0.2, 0.25) is 6.79 Å². The Morgan fingerprint density at radius 1 is 0.880 bits per heavy atom. The molecular formula is C18H17N3O4. The first-order valence-corrected chi connectivity index (χ1v) is 8.11. The van der Waals surface area contributed by atoms with Crippen molar-refractivity contribution in [3.63, 3.8) is 0 Å². The molecule has 2 aromatic rings. The highest BCUT2D eigenvalue weighted by Crippen LogP contribution is 2.32. The average Bonchev–Trinajstić information content (AvgIpc) is 3.15. The number of pyridine rings is 1. The molecule has 0 bridgehead atoms. The van der Waals surface area contributed by atoms with E-state index in [0.29, 0.717) is 48.9 Å². The number of nitrogens with zero attached hydrogens (tertiary/aromatic N) is 3. The summed E-state index contributed by atoms with van der Waals surface area (Å²) in [5.74, 6) is 1.08. The van der Waals surface area contributed by atoms with Crippen LogP contribution in [0.1, 0.15) is 20.8 Å². The Morgan fingerprint density at radius 2 is 1.60 bits per heavy atom. The largest absolute Gasteiger partial charge is 0.454 e. The third kappa shape index (κ3) is 3.00. The second kappa shape index (κ2) is 6.43. The van der Waals surface area contributed by atoms with Crippen molar-refractivity contribution >= 4 is 11.8 Å². The van der Waals surface area contributed by atoms with Crippen LogP contribution in [0.3, 0.4) is 0 Å². The van der Waals surface area contributed by atoms with E-state index in [-0.39, 0.29) is 18.6 Å². The standard InChI is InChI=1S/C18H17N3O4/c22-17(13-4-5-15-16(11-13)25-12-24-15)20-7-9-21(10-8-20)18(23)14-3-1-2-6-19-14/h1-6,11H,7-10,12H2. The van der Waals surface area contributed by atoms with E-state index in [2.05, 4.69) is 4.98 Å². The molecule has 2 aliphatic heterocycles. The predicted molar refractivity (Wildman–Crippen MR) is 88.6 cm³/mol. The minimum Gasteiger partial charge on any atom is -0.454 e. The summed E-state index contributed by atoms with van der Waals surface area (Å²) in [6, 6.07) is 10.5. The lowest BCUT2D eigenvalue weighted by molar-refractivity contribution is 0.0532. The molecule has 1 aromatic carbocycles. The normalized spacial score (nSPS) is 16.0. The van der Waals surface area contributed by atoms with Crippen LogP contribution in [0.2, 0.25) is 0 Å². The summed E-state index contributed by atoms with van der Waals surface area (Å²) in [7, 11) is 0. The molecule has 1 saturated heterocycles. The van der Waals surface area contributed by atoms with Crippen LogP contribution in [-0.4, -0.2) is 59.6 Å². The molecule has 0 unspecified atom stereocenters. The number of carbonyl (C=O) groups is 2. The number of fused-ring (bicyclic) bond motifs is 1. The second-order valence-corrected chi connectivity index (χ2v) is 5.87. The maximum Gasteiger partial charge on any atom is 0.272 e. The van der Waals surface area contributed by atoms with Crippen molar-refractivity contribution in [3.8, 4) is 11.5 Å². The Labute approximate surface area is 144 Å². The maximum atomic E-state index is 12.7. The SMILES string of the molecule is O=C(c1ccc2c(c1)OCO2)N1CCN(C(=O)c2ccccn2)CC1. The summed E-state index contributed by atoms with van der Waals surface area (Å²) in [5.41, 5.74) is 0.992. The fourth-order valence-electron chi connectivity index (χ4n) is 2.98. The van der Waals surface area contributed by atoms with Gasteiger partial charge in [0.05, 0.1) is 0 Å². The Balaban J connectivity index is 1.40. The monoisotopic (exact) mass is 339 g/mol. The summed E-state index contributed by atoms with van der Waals surface area (Å²) in [6.07, 6.45) is 1.60. The first-order chi connectivity index (χ1) is 12.2. The smallest absolute Gasteiger partial charge is 0.272 e. The second-order valence-electron chi connectivity index (χ2n) is 5.87. The van der Waals surface area contributed by atoms with Gasteiger partial charge in [0.1, 0.15) is 5.69 Å². The van der Waals surface area contributed by atoms with Crippen molar-refractivity contribution in [2.75, 3.05) is 33.0 Å². The molecule has 1 fully saturated rings. The summed E-state index contributed by atoms with van der Waals surface area (Å²) in [6.45, 7) is 2.15. The minimum atomic E-state index is -0.101. The van der Waals surface area contributed by atoms with Gasteiger partial charge >= 0.3 is 0 Å². The Bertz CT molecular complexity index is 801. The van der Waals surface area contributed by atoms with Gasteiger partial charge in [-0.15, -0.1) is 0 Å². The summed E-state index contributed by atoms with van der Waals surface area (Å²) < 4.78 is 10.6. The van der Waals surface area contributed by atoms with Crippen LogP contribution < -0.4 is 9.47 Å². The molecule has 3 heterocycles. The highest BCUT2D eigenvalue weighted by molar-refractivity contribution is 5.95. The van der Waals surface area contributed by atoms with Gasteiger partial charge in [0, 0.05) is 37.9 Å². The van der Waals surface area contributed by atoms with Crippen LogP contribution in [-0.2, 0) is 0 Å². The number of rotatable bonds is 2. The van der Waals surface area contributed by atoms with Crippen molar-refractivity contribution < 1.29 is 19.1 Å². The van der Waals surface area contributed by atoms with E-state index in [0.717, 1.165) is 0 Å². The molecule has 4 rings (SSSR count). The van der Waals surface area contributed by atoms with Crippen LogP contribution in [0.4, 0.5) is 0 Å². The van der Waals surface area contributed by atoms with E-state index in [1.54, 1.807) is 52.4 Å². The first-order valence-electron chi connectivity index (χ1n) is 8.11. The van der Waals surface area contributed by atoms with Gasteiger partial charge in [-0.25, -0.2) is 0 Å². The molecule has 128 valence electrons. The van der Waals surface area contributed by atoms with Gasteiger partial charge in [0.25, 0.3) is 11.8 Å². The van der Waals surface area contributed by atoms with Crippen molar-refractivity contribution in [3.05, 3.63) is 53.9 Å². The molecular weight excluding hydrogens is 322 g/mol. The predicted octanol–water partition coefficient (Wildman–Crippen LogP) is 1.41. The molecule has 0 aliphatic carbocycles. The van der Waals surface area contributed by atoms with Crippen molar-refractivity contribution in [1.82, 2.24) is 14.8 Å². The lowest BCUT2D eigenvalue weighted by atomic mass is 10.1. The lowest BCUT2D eigenvalue weighted by Gasteiger charge is -2.34. The molecule has 0 saturated carbocycles. The Kier molecular flexibility index (Phi) is 3.97. The van der Waals surface area contributed by atoms with Gasteiger partial charge in [-0.3, -0.25) is 14.6 Å². The third-order valence-corrected chi connectivity index (χ3v) is 4.36. The number of hydrogen-bond donors (Lipinski definition) is 0. The number of benzene rings is 1. The van der Waals surface area contributed by atoms with Gasteiger partial charge in [-0.05, 0) is 30.3 Å². The summed E-state index contributed by atoms with van der Waals surface area (Å²) in [5, 5.41) is 0. The van der Waals surface area contributed by atoms with Gasteiger partial charge in [-0.2, -0.15) is 0 Å². The zero-order chi connectivity index (χ0) is 17.2. The highest BCUT2D eigenvalue weighted by atomic mass is 16.7. The number of aromatic nitrogens is 1. The van der Waals surface area contributed by atoms with E-state index in [1.165, 1.54) is 0 Å². The van der Waals surface area contributed by atoms with Crippen molar-refractivity contribution in [2.24, 2.45) is 0 Å². The zero-order valence-corrected chi connectivity index (χ0v) is 13.6.